The Hall–Kier alpha value is -5.64. The molecule has 4 heterocycles. The molecule has 4 aromatic rings. The van der Waals surface area contributed by atoms with Crippen LogP contribution in [0.15, 0.2) is 84.9 Å². The number of amides is 4. The summed E-state index contributed by atoms with van der Waals surface area (Å²) in [7, 11) is 0. The van der Waals surface area contributed by atoms with Gasteiger partial charge < -0.3 is 32.7 Å². The standard InChI is InChI=1S/C32H30N6O4/c33-27-25-11-12-26(28(27)34)18-38-32(42)24-6-2-4-22(14-24)30(40)36-16-20-9-7-19(8-10-20)15-35-29(39)21-3-1-5-23(13-21)31(41)37-17-25/h1-14H,15-18,33-34H2,(H,35,39)(H,36,40)(H,37,41)(H,38,42). The van der Waals surface area contributed by atoms with Crippen LogP contribution in [0.2, 0.25) is 0 Å². The third-order valence-corrected chi connectivity index (χ3v) is 7.05. The van der Waals surface area contributed by atoms with E-state index in [9.17, 15) is 19.2 Å². The Bertz CT molecular complexity index is 1560. The van der Waals surface area contributed by atoms with Crippen LogP contribution < -0.4 is 32.7 Å². The molecule has 0 spiro atoms. The Morgan fingerprint density at radius 3 is 1.07 bits per heavy atom. The highest BCUT2D eigenvalue weighted by Crippen LogP contribution is 2.25. The first-order valence-electron chi connectivity index (χ1n) is 13.3. The van der Waals surface area contributed by atoms with E-state index in [4.69, 9.17) is 11.5 Å². The van der Waals surface area contributed by atoms with Gasteiger partial charge in [0.05, 0.1) is 11.4 Å². The number of hydrogen-bond donors (Lipinski definition) is 6. The molecule has 0 aromatic heterocycles. The first kappa shape index (κ1) is 27.9. The van der Waals surface area contributed by atoms with Gasteiger partial charge in [0.15, 0.2) is 0 Å². The smallest absolute Gasteiger partial charge is 0.251 e. The second-order valence-corrected chi connectivity index (χ2v) is 9.92. The van der Waals surface area contributed by atoms with Crippen LogP contribution in [-0.2, 0) is 26.2 Å². The molecule has 42 heavy (non-hydrogen) atoms. The molecule has 0 saturated heterocycles. The number of carbonyl (C=O) groups excluding carboxylic acids is 4. The van der Waals surface area contributed by atoms with Crippen LogP contribution in [0.4, 0.5) is 11.4 Å². The molecule has 0 aliphatic carbocycles. The molecule has 8 N–H and O–H groups in total. The lowest BCUT2D eigenvalue weighted by Crippen LogP contribution is -2.26. The van der Waals surface area contributed by atoms with E-state index in [-0.39, 0.29) is 49.8 Å². The summed E-state index contributed by atoms with van der Waals surface area (Å²) in [6, 6.07) is 23.8. The van der Waals surface area contributed by atoms with Gasteiger partial charge in [0.1, 0.15) is 0 Å². The van der Waals surface area contributed by atoms with E-state index in [0.717, 1.165) is 11.1 Å². The molecule has 8 bridgehead atoms. The molecular weight excluding hydrogens is 532 g/mol. The molecule has 4 aliphatic heterocycles. The molecule has 10 heteroatoms. The number of nitrogens with two attached hydrogens (primary N) is 2. The van der Waals surface area contributed by atoms with Gasteiger partial charge in [-0.2, -0.15) is 0 Å². The average Bonchev–Trinajstić information content (AvgIpc) is 3.02. The lowest BCUT2D eigenvalue weighted by atomic mass is 10.0. The van der Waals surface area contributed by atoms with Gasteiger partial charge in [-0.05, 0) is 58.7 Å². The Balaban J connectivity index is 1.41. The van der Waals surface area contributed by atoms with Crippen LogP contribution in [0, 0.1) is 0 Å². The van der Waals surface area contributed by atoms with Crippen molar-refractivity contribution >= 4 is 35.0 Å². The summed E-state index contributed by atoms with van der Waals surface area (Å²) in [5.41, 5.74) is 17.4. The molecule has 0 atom stereocenters. The number of rotatable bonds is 0. The third-order valence-electron chi connectivity index (χ3n) is 7.05. The summed E-state index contributed by atoms with van der Waals surface area (Å²) in [4.78, 5) is 51.3. The number of nitrogen functional groups attached to an aromatic ring is 2. The van der Waals surface area contributed by atoms with Gasteiger partial charge in [0.2, 0.25) is 0 Å². The highest BCUT2D eigenvalue weighted by molar-refractivity contribution is 6.00. The molecule has 212 valence electrons. The molecule has 4 aromatic carbocycles. The van der Waals surface area contributed by atoms with E-state index in [1.54, 1.807) is 48.5 Å². The fourth-order valence-corrected chi connectivity index (χ4v) is 4.54. The Morgan fingerprint density at radius 1 is 0.429 bits per heavy atom. The van der Waals surface area contributed by atoms with Crippen LogP contribution in [-0.4, -0.2) is 23.6 Å². The lowest BCUT2D eigenvalue weighted by molar-refractivity contribution is 0.0935. The maximum absolute atomic E-state index is 12.9. The zero-order valence-electron chi connectivity index (χ0n) is 22.7. The highest BCUT2D eigenvalue weighted by Gasteiger charge is 2.15. The highest BCUT2D eigenvalue weighted by atomic mass is 16.2. The summed E-state index contributed by atoms with van der Waals surface area (Å²) >= 11 is 0. The molecular formula is C32H30N6O4. The second kappa shape index (κ2) is 12.3. The molecule has 4 amide bonds. The van der Waals surface area contributed by atoms with Crippen molar-refractivity contribution in [3.05, 3.63) is 129 Å². The molecule has 0 saturated carbocycles. The van der Waals surface area contributed by atoms with Crippen LogP contribution in [0.5, 0.6) is 0 Å². The first-order valence-corrected chi connectivity index (χ1v) is 13.3. The number of carbonyl (C=O) groups is 4. The number of nitrogens with one attached hydrogen (secondary N) is 4. The quantitative estimate of drug-likeness (QED) is 0.180. The van der Waals surface area contributed by atoms with Crippen molar-refractivity contribution in [2.24, 2.45) is 0 Å². The van der Waals surface area contributed by atoms with Crippen molar-refractivity contribution in [3.8, 4) is 0 Å². The minimum atomic E-state index is -0.370. The SMILES string of the molecule is Nc1c2ccc(c1N)CNC(=O)c1cccc(c1)C(=O)NCc1ccc(cc1)CNC(=O)c1cccc(c1)C(=O)NC2. The molecule has 10 nitrogen and oxygen atoms in total. The van der Waals surface area contributed by atoms with E-state index in [2.05, 4.69) is 21.3 Å². The number of hydrogen-bond acceptors (Lipinski definition) is 6. The summed E-state index contributed by atoms with van der Waals surface area (Å²) in [6.07, 6.45) is 0. The predicted molar refractivity (Wildman–Crippen MR) is 159 cm³/mol. The average molecular weight is 563 g/mol. The lowest BCUT2D eigenvalue weighted by Gasteiger charge is -2.15. The summed E-state index contributed by atoms with van der Waals surface area (Å²) in [5.74, 6) is -1.37. The minimum Gasteiger partial charge on any atom is -0.397 e. The van der Waals surface area contributed by atoms with Gasteiger partial charge in [0, 0.05) is 48.4 Å². The number of anilines is 2. The van der Waals surface area contributed by atoms with Crippen molar-refractivity contribution in [3.63, 3.8) is 0 Å². The molecule has 0 unspecified atom stereocenters. The zero-order chi connectivity index (χ0) is 29.6. The predicted octanol–water partition coefficient (Wildman–Crippen LogP) is 2.88. The van der Waals surface area contributed by atoms with Gasteiger partial charge in [-0.25, -0.2) is 0 Å². The molecule has 4 aliphatic rings. The van der Waals surface area contributed by atoms with Crippen LogP contribution in [0.3, 0.4) is 0 Å². The van der Waals surface area contributed by atoms with Gasteiger partial charge in [-0.1, -0.05) is 48.5 Å². The fourth-order valence-electron chi connectivity index (χ4n) is 4.54. The van der Waals surface area contributed by atoms with Crippen LogP contribution in [0.25, 0.3) is 0 Å². The van der Waals surface area contributed by atoms with Crippen LogP contribution >= 0.6 is 0 Å². The van der Waals surface area contributed by atoms with E-state index >= 15 is 0 Å². The Labute approximate surface area is 242 Å². The normalized spacial score (nSPS) is 14.5. The fraction of sp³-hybridized carbons (Fsp3) is 0.125. The van der Waals surface area contributed by atoms with Crippen molar-refractivity contribution in [2.45, 2.75) is 26.2 Å². The van der Waals surface area contributed by atoms with Crippen molar-refractivity contribution in [2.75, 3.05) is 11.5 Å². The largest absolute Gasteiger partial charge is 0.397 e. The summed E-state index contributed by atoms with van der Waals surface area (Å²) in [5, 5.41) is 11.4. The maximum Gasteiger partial charge on any atom is 0.251 e. The zero-order valence-corrected chi connectivity index (χ0v) is 22.7. The third kappa shape index (κ3) is 6.39. The maximum atomic E-state index is 12.9. The van der Waals surface area contributed by atoms with Crippen molar-refractivity contribution in [1.29, 1.82) is 0 Å². The van der Waals surface area contributed by atoms with E-state index in [1.807, 2.05) is 24.3 Å². The van der Waals surface area contributed by atoms with Gasteiger partial charge >= 0.3 is 0 Å². The van der Waals surface area contributed by atoms with E-state index in [0.29, 0.717) is 44.8 Å². The number of benzene rings is 4. The van der Waals surface area contributed by atoms with Crippen molar-refractivity contribution < 1.29 is 19.2 Å². The van der Waals surface area contributed by atoms with Crippen LogP contribution in [0.1, 0.15) is 63.7 Å². The Morgan fingerprint density at radius 2 is 0.738 bits per heavy atom. The first-order chi connectivity index (χ1) is 20.3. The summed E-state index contributed by atoms with van der Waals surface area (Å²) in [6.45, 7) is 0.798. The minimum absolute atomic E-state index is 0.114. The van der Waals surface area contributed by atoms with Gasteiger partial charge in [-0.3, -0.25) is 19.2 Å². The molecule has 8 rings (SSSR count). The molecule has 0 fully saturated rings. The van der Waals surface area contributed by atoms with E-state index in [1.165, 1.54) is 12.1 Å². The molecule has 0 radical (unpaired) electrons. The van der Waals surface area contributed by atoms with Gasteiger partial charge in [-0.15, -0.1) is 0 Å². The van der Waals surface area contributed by atoms with Crippen molar-refractivity contribution in [1.82, 2.24) is 21.3 Å². The second-order valence-electron chi connectivity index (χ2n) is 9.92. The topological polar surface area (TPSA) is 168 Å². The Kier molecular flexibility index (Phi) is 8.14. The van der Waals surface area contributed by atoms with E-state index < -0.39 is 0 Å². The van der Waals surface area contributed by atoms with Gasteiger partial charge in [0.25, 0.3) is 23.6 Å². The monoisotopic (exact) mass is 562 g/mol. The summed E-state index contributed by atoms with van der Waals surface area (Å²) < 4.78 is 0.